The van der Waals surface area contributed by atoms with Crippen LogP contribution in [0.2, 0.25) is 0 Å². The van der Waals surface area contributed by atoms with Crippen LogP contribution < -0.4 is 4.74 Å². The average molecular weight is 434 g/mol. The Morgan fingerprint density at radius 1 is 1.12 bits per heavy atom. The Morgan fingerprint density at radius 2 is 1.88 bits per heavy atom. The number of hydrogen-bond acceptors (Lipinski definition) is 5. The van der Waals surface area contributed by atoms with Crippen molar-refractivity contribution in [3.05, 3.63) is 65.2 Å². The highest BCUT2D eigenvalue weighted by molar-refractivity contribution is 5.88. The van der Waals surface area contributed by atoms with Crippen molar-refractivity contribution in [2.45, 2.75) is 18.0 Å². The van der Waals surface area contributed by atoms with Gasteiger partial charge in [0.05, 0.1) is 32.3 Å². The first kappa shape index (κ1) is 21.9. The summed E-state index contributed by atoms with van der Waals surface area (Å²) in [4.78, 5) is 28.1. The van der Waals surface area contributed by atoms with Crippen molar-refractivity contribution in [1.29, 1.82) is 0 Å². The normalized spacial score (nSPS) is 21.8. The summed E-state index contributed by atoms with van der Waals surface area (Å²) >= 11 is 0. The monoisotopic (exact) mass is 434 g/mol. The summed E-state index contributed by atoms with van der Waals surface area (Å²) in [7, 11) is 3.09. The number of aliphatic hydroxyl groups excluding tert-OH is 1. The molecule has 2 amide bonds. The number of hydrogen-bond donors (Lipinski definition) is 1. The summed E-state index contributed by atoms with van der Waals surface area (Å²) in [6.45, 7) is 0.304. The second kappa shape index (κ2) is 9.43. The molecule has 0 spiro atoms. The van der Waals surface area contributed by atoms with E-state index in [1.165, 1.54) is 7.11 Å². The topological polar surface area (TPSA) is 79.3 Å². The number of carbonyl (C=O) groups excluding carboxylic acids is 2. The zero-order valence-corrected chi connectivity index (χ0v) is 18.2. The van der Waals surface area contributed by atoms with Gasteiger partial charge in [-0.15, -0.1) is 0 Å². The van der Waals surface area contributed by atoms with Crippen LogP contribution in [-0.4, -0.2) is 79.3 Å². The van der Waals surface area contributed by atoms with Crippen molar-refractivity contribution < 1.29 is 24.2 Å². The van der Waals surface area contributed by atoms with E-state index in [4.69, 9.17) is 9.47 Å². The van der Waals surface area contributed by atoms with Crippen LogP contribution in [0.15, 0.2) is 48.5 Å². The maximum Gasteiger partial charge on any atom is 0.249 e. The van der Waals surface area contributed by atoms with Crippen LogP contribution in [0.3, 0.4) is 0 Å². The number of carbonyl (C=O) groups is 2. The molecule has 2 heterocycles. The molecule has 3 atom stereocenters. The molecule has 2 saturated heterocycles. The van der Waals surface area contributed by atoms with Gasteiger partial charge in [0.15, 0.2) is 0 Å². The Morgan fingerprint density at radius 3 is 2.56 bits per heavy atom. The second-order valence-corrected chi connectivity index (χ2v) is 7.96. The van der Waals surface area contributed by atoms with E-state index < -0.39 is 0 Å². The molecule has 7 heteroatoms. The molecule has 0 aromatic heterocycles. The molecule has 7 nitrogen and oxygen atoms in total. The van der Waals surface area contributed by atoms with Gasteiger partial charge < -0.3 is 24.4 Å². The lowest BCUT2D eigenvalue weighted by atomic mass is 9.73. The molecule has 0 radical (unpaired) electrons. The Bertz CT molecular complexity index is 1060. The third-order valence-corrected chi connectivity index (χ3v) is 6.09. The van der Waals surface area contributed by atoms with E-state index in [9.17, 15) is 14.7 Å². The minimum Gasteiger partial charge on any atom is -0.497 e. The SMILES string of the molecule is COCC(=O)N1CC(=O)N2[C@H](CO)[C@H](c3ccc(C#Cc4cccc(OC)c4)cc3)[C@@H]2C1. The molecule has 4 rings (SSSR count). The first-order chi connectivity index (χ1) is 15.5. The van der Waals surface area contributed by atoms with Gasteiger partial charge in [0.25, 0.3) is 0 Å². The number of benzene rings is 2. The molecule has 2 fully saturated rings. The van der Waals surface area contributed by atoms with Crippen LogP contribution in [0.25, 0.3) is 0 Å². The van der Waals surface area contributed by atoms with Crippen LogP contribution in [-0.2, 0) is 14.3 Å². The Balaban J connectivity index is 1.51. The van der Waals surface area contributed by atoms with Gasteiger partial charge in [0.1, 0.15) is 12.4 Å². The maximum atomic E-state index is 12.6. The maximum absolute atomic E-state index is 12.6. The fourth-order valence-electron chi connectivity index (χ4n) is 4.54. The van der Waals surface area contributed by atoms with Crippen LogP contribution in [0.1, 0.15) is 22.6 Å². The van der Waals surface area contributed by atoms with Gasteiger partial charge in [-0.05, 0) is 35.9 Å². The minimum atomic E-state index is -0.277. The van der Waals surface area contributed by atoms with E-state index in [1.54, 1.807) is 16.9 Å². The lowest BCUT2D eigenvalue weighted by Crippen LogP contribution is -2.73. The number of ether oxygens (including phenoxy) is 2. The molecule has 2 aromatic carbocycles. The number of piperazine rings is 1. The molecule has 1 N–H and O–H groups in total. The summed E-state index contributed by atoms with van der Waals surface area (Å²) in [5.41, 5.74) is 2.75. The molecule has 0 unspecified atom stereocenters. The molecular weight excluding hydrogens is 408 g/mol. The Labute approximate surface area is 187 Å². The van der Waals surface area contributed by atoms with Gasteiger partial charge in [0.2, 0.25) is 11.8 Å². The first-order valence-electron chi connectivity index (χ1n) is 10.5. The number of amides is 2. The minimum absolute atomic E-state index is 0.0285. The van der Waals surface area contributed by atoms with E-state index in [1.807, 2.05) is 48.5 Å². The molecule has 32 heavy (non-hydrogen) atoms. The van der Waals surface area contributed by atoms with Gasteiger partial charge >= 0.3 is 0 Å². The quantitative estimate of drug-likeness (QED) is 0.717. The Kier molecular flexibility index (Phi) is 6.45. The highest BCUT2D eigenvalue weighted by Crippen LogP contribution is 2.42. The smallest absolute Gasteiger partial charge is 0.249 e. The summed E-state index contributed by atoms with van der Waals surface area (Å²) in [5.74, 6) is 6.67. The standard InChI is InChI=1S/C25H26N2O5/c1-31-16-24(30)26-13-21-25(22(15-28)27(21)23(29)14-26)19-10-8-17(9-11-19)6-7-18-4-3-5-20(12-18)32-2/h3-5,8-12,21-22,25,28H,13-16H2,1-2H3/t21-,22+,25+/m0/s1. The summed E-state index contributed by atoms with van der Waals surface area (Å²) in [6.07, 6.45) is 0. The summed E-state index contributed by atoms with van der Waals surface area (Å²) in [6, 6.07) is 15.0. The Hall–Kier alpha value is -3.34. The summed E-state index contributed by atoms with van der Waals surface area (Å²) in [5, 5.41) is 9.91. The third kappa shape index (κ3) is 4.20. The van der Waals surface area contributed by atoms with Crippen molar-refractivity contribution in [3.8, 4) is 17.6 Å². The van der Waals surface area contributed by atoms with E-state index in [2.05, 4.69) is 11.8 Å². The zero-order chi connectivity index (χ0) is 22.7. The van der Waals surface area contributed by atoms with Crippen LogP contribution in [0, 0.1) is 11.8 Å². The predicted molar refractivity (Wildman–Crippen MR) is 118 cm³/mol. The molecule has 166 valence electrons. The number of methoxy groups -OCH3 is 2. The lowest BCUT2D eigenvalue weighted by Gasteiger charge is -2.58. The van der Waals surface area contributed by atoms with Gasteiger partial charge in [-0.2, -0.15) is 0 Å². The summed E-state index contributed by atoms with van der Waals surface area (Å²) < 4.78 is 10.2. The number of nitrogens with zero attached hydrogens (tertiary/aromatic N) is 2. The van der Waals surface area contributed by atoms with Gasteiger partial charge in [-0.3, -0.25) is 9.59 Å². The van der Waals surface area contributed by atoms with E-state index >= 15 is 0 Å². The highest BCUT2D eigenvalue weighted by Gasteiger charge is 2.54. The predicted octanol–water partition coefficient (Wildman–Crippen LogP) is 1.24. The molecular formula is C25H26N2O5. The van der Waals surface area contributed by atoms with Gasteiger partial charge in [-0.1, -0.05) is 30.0 Å². The average Bonchev–Trinajstić information content (AvgIpc) is 2.80. The van der Waals surface area contributed by atoms with Gasteiger partial charge in [0, 0.05) is 30.7 Å². The lowest BCUT2D eigenvalue weighted by molar-refractivity contribution is -0.168. The second-order valence-electron chi connectivity index (χ2n) is 7.96. The number of rotatable bonds is 5. The number of aliphatic hydroxyl groups is 1. The van der Waals surface area contributed by atoms with Gasteiger partial charge in [-0.25, -0.2) is 0 Å². The van der Waals surface area contributed by atoms with Crippen molar-refractivity contribution in [1.82, 2.24) is 9.80 Å². The molecule has 2 aliphatic heterocycles. The molecule has 0 saturated carbocycles. The third-order valence-electron chi connectivity index (χ3n) is 6.09. The van der Waals surface area contributed by atoms with Crippen molar-refractivity contribution in [2.24, 2.45) is 0 Å². The van der Waals surface area contributed by atoms with Crippen molar-refractivity contribution >= 4 is 11.8 Å². The fourth-order valence-corrected chi connectivity index (χ4v) is 4.54. The first-order valence-corrected chi connectivity index (χ1v) is 10.5. The van der Waals surface area contributed by atoms with E-state index in [0.29, 0.717) is 6.54 Å². The molecule has 2 aromatic rings. The van der Waals surface area contributed by atoms with Crippen molar-refractivity contribution in [3.63, 3.8) is 0 Å². The van der Waals surface area contributed by atoms with E-state index in [0.717, 1.165) is 22.4 Å². The fraction of sp³-hybridized carbons (Fsp3) is 0.360. The number of fused-ring (bicyclic) bond motifs is 1. The molecule has 0 bridgehead atoms. The van der Waals surface area contributed by atoms with Crippen LogP contribution in [0.4, 0.5) is 0 Å². The largest absolute Gasteiger partial charge is 0.497 e. The molecule has 0 aliphatic carbocycles. The molecule has 2 aliphatic rings. The van der Waals surface area contributed by atoms with Crippen LogP contribution in [0.5, 0.6) is 5.75 Å². The highest BCUT2D eigenvalue weighted by atomic mass is 16.5. The van der Waals surface area contributed by atoms with Crippen LogP contribution >= 0.6 is 0 Å². The van der Waals surface area contributed by atoms with Crippen molar-refractivity contribution in [2.75, 3.05) is 40.5 Å². The van der Waals surface area contributed by atoms with E-state index in [-0.39, 0.29) is 49.6 Å². The zero-order valence-electron chi connectivity index (χ0n) is 18.2.